The van der Waals surface area contributed by atoms with Crippen molar-refractivity contribution in [1.82, 2.24) is 10.2 Å². The highest BCUT2D eigenvalue weighted by Crippen LogP contribution is 2.39. The maximum Gasteiger partial charge on any atom is 0.248 e. The van der Waals surface area contributed by atoms with E-state index in [0.717, 1.165) is 31.7 Å². The normalized spacial score (nSPS) is 21.2. The highest BCUT2D eigenvalue weighted by molar-refractivity contribution is 5.93. The van der Waals surface area contributed by atoms with Gasteiger partial charge in [-0.15, -0.1) is 0 Å². The molecule has 0 bridgehead atoms. The molecule has 4 nitrogen and oxygen atoms in total. The van der Waals surface area contributed by atoms with Gasteiger partial charge >= 0.3 is 0 Å². The van der Waals surface area contributed by atoms with Crippen LogP contribution in [0.5, 0.6) is 0 Å². The van der Waals surface area contributed by atoms with Crippen molar-refractivity contribution in [3.8, 4) is 0 Å². The zero-order valence-electron chi connectivity index (χ0n) is 12.5. The summed E-state index contributed by atoms with van der Waals surface area (Å²) in [4.78, 5) is 14.6. The van der Waals surface area contributed by atoms with Crippen LogP contribution in [0.2, 0.25) is 0 Å². The van der Waals surface area contributed by atoms with E-state index < -0.39 is 0 Å². The number of benzene rings is 1. The van der Waals surface area contributed by atoms with Gasteiger partial charge in [-0.2, -0.15) is 0 Å². The second-order valence-corrected chi connectivity index (χ2v) is 6.03. The van der Waals surface area contributed by atoms with Crippen LogP contribution in [0.4, 0.5) is 0 Å². The third-order valence-electron chi connectivity index (χ3n) is 4.73. The predicted octanol–water partition coefficient (Wildman–Crippen LogP) is 1.72. The van der Waals surface area contributed by atoms with Gasteiger partial charge in [0.1, 0.15) is 0 Å². The van der Waals surface area contributed by atoms with Gasteiger partial charge in [0.05, 0.1) is 18.8 Å². The van der Waals surface area contributed by atoms with Crippen LogP contribution in [0.25, 0.3) is 0 Å². The first-order valence-corrected chi connectivity index (χ1v) is 7.48. The smallest absolute Gasteiger partial charge is 0.248 e. The summed E-state index contributed by atoms with van der Waals surface area (Å²) in [6.07, 6.45) is 1.16. The van der Waals surface area contributed by atoms with Gasteiger partial charge in [-0.1, -0.05) is 36.9 Å². The molecule has 1 aromatic rings. The lowest BCUT2D eigenvalue weighted by atomic mass is 9.80. The van der Waals surface area contributed by atoms with Crippen LogP contribution in [0, 0.1) is 0 Å². The van der Waals surface area contributed by atoms with Crippen molar-refractivity contribution in [1.29, 1.82) is 0 Å². The minimum Gasteiger partial charge on any atom is -0.377 e. The van der Waals surface area contributed by atoms with Crippen molar-refractivity contribution in [2.75, 3.05) is 19.8 Å². The van der Waals surface area contributed by atoms with Crippen molar-refractivity contribution in [2.24, 2.45) is 0 Å². The van der Waals surface area contributed by atoms with Gasteiger partial charge in [0, 0.05) is 24.7 Å². The van der Waals surface area contributed by atoms with Crippen molar-refractivity contribution in [2.45, 2.75) is 31.5 Å². The third-order valence-corrected chi connectivity index (χ3v) is 4.73. The van der Waals surface area contributed by atoms with Crippen LogP contribution >= 0.6 is 0 Å². The van der Waals surface area contributed by atoms with E-state index in [9.17, 15) is 4.79 Å². The fraction of sp³-hybridized carbons (Fsp3) is 0.471. The molecule has 112 valence electrons. The number of hydrogen-bond donors (Lipinski definition) is 1. The molecule has 2 aliphatic rings. The number of carbonyl (C=O) groups excluding carboxylic acids is 1. The van der Waals surface area contributed by atoms with Crippen LogP contribution in [-0.2, 0) is 16.1 Å². The molecule has 2 aliphatic heterocycles. The quantitative estimate of drug-likeness (QED) is 0.838. The van der Waals surface area contributed by atoms with E-state index in [0.29, 0.717) is 12.1 Å². The molecule has 1 N–H and O–H groups in total. The minimum atomic E-state index is -0.0614. The molecule has 2 fully saturated rings. The molecular weight excluding hydrogens is 264 g/mol. The average Bonchev–Trinajstić information content (AvgIpc) is 2.42. The summed E-state index contributed by atoms with van der Waals surface area (Å²) in [6, 6.07) is 9.98. The Morgan fingerprint density at radius 3 is 2.67 bits per heavy atom. The van der Waals surface area contributed by atoms with Gasteiger partial charge in [0.2, 0.25) is 5.91 Å². The largest absolute Gasteiger partial charge is 0.377 e. The second kappa shape index (κ2) is 5.62. The summed E-state index contributed by atoms with van der Waals surface area (Å²) in [5, 5.41) is 2.95. The van der Waals surface area contributed by atoms with Gasteiger partial charge in [-0.25, -0.2) is 0 Å². The van der Waals surface area contributed by atoms with E-state index in [1.54, 1.807) is 0 Å². The van der Waals surface area contributed by atoms with Crippen molar-refractivity contribution in [3.05, 3.63) is 48.0 Å². The van der Waals surface area contributed by atoms with Gasteiger partial charge in [0.15, 0.2) is 0 Å². The Morgan fingerprint density at radius 2 is 2.14 bits per heavy atom. The third kappa shape index (κ3) is 2.61. The maximum absolute atomic E-state index is 12.3. The maximum atomic E-state index is 12.3. The lowest BCUT2D eigenvalue weighted by Crippen LogP contribution is -2.73. The molecule has 21 heavy (non-hydrogen) atoms. The summed E-state index contributed by atoms with van der Waals surface area (Å²) in [7, 11) is 0. The van der Waals surface area contributed by atoms with E-state index in [1.165, 1.54) is 0 Å². The topological polar surface area (TPSA) is 41.6 Å². The molecule has 2 saturated heterocycles. The molecule has 1 atom stereocenters. The molecule has 0 saturated carbocycles. The number of amides is 1. The second-order valence-electron chi connectivity index (χ2n) is 6.03. The van der Waals surface area contributed by atoms with Crippen LogP contribution in [0.1, 0.15) is 18.9 Å². The molecule has 1 aromatic carbocycles. The molecule has 4 heteroatoms. The first-order chi connectivity index (χ1) is 10.1. The minimum absolute atomic E-state index is 0.0614. The van der Waals surface area contributed by atoms with Gasteiger partial charge in [0.25, 0.3) is 0 Å². The number of rotatable bonds is 5. The number of nitrogens with zero attached hydrogens (tertiary/aromatic N) is 1. The zero-order valence-corrected chi connectivity index (χ0v) is 12.5. The highest BCUT2D eigenvalue weighted by atomic mass is 16.5. The zero-order chi connectivity index (χ0) is 14.9. The van der Waals surface area contributed by atoms with E-state index in [4.69, 9.17) is 4.74 Å². The number of carbonyl (C=O) groups is 1. The summed E-state index contributed by atoms with van der Waals surface area (Å²) < 4.78 is 5.33. The van der Waals surface area contributed by atoms with Gasteiger partial charge < -0.3 is 10.1 Å². The summed E-state index contributed by atoms with van der Waals surface area (Å²) in [5.41, 5.74) is 1.92. The van der Waals surface area contributed by atoms with E-state index in [-0.39, 0.29) is 17.5 Å². The molecule has 1 spiro atoms. The predicted molar refractivity (Wildman–Crippen MR) is 81.8 cm³/mol. The summed E-state index contributed by atoms with van der Waals surface area (Å²) in [6.45, 7) is 9.20. The fourth-order valence-electron chi connectivity index (χ4n) is 3.08. The lowest BCUT2D eigenvalue weighted by Gasteiger charge is -2.60. The molecule has 3 rings (SSSR count). The number of likely N-dealkylation sites (tertiary alicyclic amines) is 1. The fourth-order valence-corrected chi connectivity index (χ4v) is 3.08. The Bertz CT molecular complexity index is 531. The Hall–Kier alpha value is -1.65. The lowest BCUT2D eigenvalue weighted by molar-refractivity contribution is -0.200. The molecule has 0 aliphatic carbocycles. The first kappa shape index (κ1) is 14.3. The molecule has 0 aromatic heterocycles. The first-order valence-electron chi connectivity index (χ1n) is 7.48. The van der Waals surface area contributed by atoms with E-state index >= 15 is 0 Å². The molecule has 1 unspecified atom stereocenters. The molecular formula is C17H22N2O2. The average molecular weight is 286 g/mol. The Balaban J connectivity index is 1.53. The van der Waals surface area contributed by atoms with Gasteiger partial charge in [-0.3, -0.25) is 9.69 Å². The molecule has 2 heterocycles. The van der Waals surface area contributed by atoms with Gasteiger partial charge in [-0.05, 0) is 18.9 Å². The highest BCUT2D eigenvalue weighted by Gasteiger charge is 2.52. The number of nitrogens with one attached hydrogen (secondary N) is 1. The number of hydrogen-bond acceptors (Lipinski definition) is 3. The monoisotopic (exact) mass is 286 g/mol. The number of ether oxygens (including phenoxy) is 1. The van der Waals surface area contributed by atoms with E-state index in [2.05, 4.69) is 23.7 Å². The van der Waals surface area contributed by atoms with E-state index in [1.807, 2.05) is 30.3 Å². The molecule has 1 amide bonds. The van der Waals surface area contributed by atoms with Crippen molar-refractivity contribution in [3.63, 3.8) is 0 Å². The summed E-state index contributed by atoms with van der Waals surface area (Å²) >= 11 is 0. The summed E-state index contributed by atoms with van der Waals surface area (Å²) in [5.74, 6) is -0.0614. The van der Waals surface area contributed by atoms with Crippen LogP contribution < -0.4 is 5.32 Å². The van der Waals surface area contributed by atoms with Crippen molar-refractivity contribution >= 4 is 5.91 Å². The molecule has 0 radical (unpaired) electrons. The van der Waals surface area contributed by atoms with Crippen molar-refractivity contribution < 1.29 is 9.53 Å². The standard InChI is InChI=1S/C17H22N2O2/c1-13(14(2)19-9-8-17(19)11-21-12-17)16(20)18-10-15-6-4-3-5-7-15/h3-7,14H,1,8-12H2,2H3,(H,18,20). The Kier molecular flexibility index (Phi) is 3.83. The Morgan fingerprint density at radius 1 is 1.43 bits per heavy atom. The van der Waals surface area contributed by atoms with Crippen LogP contribution in [0.15, 0.2) is 42.5 Å². The van der Waals surface area contributed by atoms with Crippen LogP contribution in [0.3, 0.4) is 0 Å². The SMILES string of the molecule is C=C(C(=O)NCc1ccccc1)C(C)N1CCC12COC2. The Labute approximate surface area is 125 Å². The van der Waals surface area contributed by atoms with Crippen LogP contribution in [-0.4, -0.2) is 42.1 Å².